The first kappa shape index (κ1) is 13.2. The molecule has 1 amide bonds. The maximum atomic E-state index is 12.2. The lowest BCUT2D eigenvalue weighted by Crippen LogP contribution is -2.12. The van der Waals surface area contributed by atoms with Gasteiger partial charge in [0.25, 0.3) is 5.91 Å². The van der Waals surface area contributed by atoms with Crippen molar-refractivity contribution in [3.8, 4) is 0 Å². The second-order valence-electron chi connectivity index (χ2n) is 4.01. The molecule has 0 saturated carbocycles. The lowest BCUT2D eigenvalue weighted by atomic mass is 10.2. The van der Waals surface area contributed by atoms with Gasteiger partial charge in [-0.15, -0.1) is 11.3 Å². The molecule has 18 heavy (non-hydrogen) atoms. The van der Waals surface area contributed by atoms with Crippen molar-refractivity contribution in [1.82, 2.24) is 4.98 Å². The van der Waals surface area contributed by atoms with E-state index in [1.54, 1.807) is 0 Å². The number of carbonyl (C=O) groups excluding carboxylic acids is 1. The zero-order chi connectivity index (χ0) is 13.3. The Balaban J connectivity index is 2.27. The largest absolute Gasteiger partial charge is 0.321 e. The summed E-state index contributed by atoms with van der Waals surface area (Å²) in [6.07, 6.45) is 0. The van der Waals surface area contributed by atoms with E-state index >= 15 is 0 Å². The minimum Gasteiger partial charge on any atom is -0.321 e. The lowest BCUT2D eigenvalue weighted by molar-refractivity contribution is 0.102. The van der Waals surface area contributed by atoms with E-state index in [-0.39, 0.29) is 5.91 Å². The number of amides is 1. The highest BCUT2D eigenvalue weighted by Gasteiger charge is 2.14. The van der Waals surface area contributed by atoms with Crippen molar-refractivity contribution in [3.05, 3.63) is 43.8 Å². The molecule has 0 unspecified atom stereocenters. The molecule has 0 aliphatic rings. The van der Waals surface area contributed by atoms with Gasteiger partial charge in [-0.25, -0.2) is 4.98 Å². The second-order valence-corrected chi connectivity index (χ2v) is 6.07. The van der Waals surface area contributed by atoms with Crippen LogP contribution in [0.5, 0.6) is 0 Å². The van der Waals surface area contributed by atoms with Crippen LogP contribution in [0.3, 0.4) is 0 Å². The maximum Gasteiger partial charge on any atom is 0.267 e. The third kappa shape index (κ3) is 2.62. The summed E-state index contributed by atoms with van der Waals surface area (Å²) in [6.45, 7) is 5.72. The minimum absolute atomic E-state index is 0.0979. The van der Waals surface area contributed by atoms with E-state index in [1.807, 2.05) is 39.0 Å². The van der Waals surface area contributed by atoms with Crippen LogP contribution in [0.1, 0.15) is 25.9 Å². The van der Waals surface area contributed by atoms with Gasteiger partial charge in [-0.05, 0) is 38.5 Å². The second kappa shape index (κ2) is 5.20. The van der Waals surface area contributed by atoms with Crippen molar-refractivity contribution in [2.24, 2.45) is 0 Å². The SMILES string of the molecule is Cc1nc(C)c(C(=O)Nc2cccc(Br)c2C)s1. The zero-order valence-corrected chi connectivity index (χ0v) is 12.8. The summed E-state index contributed by atoms with van der Waals surface area (Å²) in [5, 5.41) is 3.83. The quantitative estimate of drug-likeness (QED) is 0.904. The number of benzene rings is 1. The van der Waals surface area contributed by atoms with E-state index in [1.165, 1.54) is 11.3 Å². The van der Waals surface area contributed by atoms with E-state index in [4.69, 9.17) is 0 Å². The van der Waals surface area contributed by atoms with Gasteiger partial charge in [0.05, 0.1) is 10.7 Å². The number of halogens is 1. The summed E-state index contributed by atoms with van der Waals surface area (Å²) in [7, 11) is 0. The van der Waals surface area contributed by atoms with Crippen LogP contribution in [-0.4, -0.2) is 10.9 Å². The van der Waals surface area contributed by atoms with Gasteiger partial charge in [-0.2, -0.15) is 0 Å². The number of aryl methyl sites for hydroxylation is 2. The third-order valence-corrected chi connectivity index (χ3v) is 4.56. The van der Waals surface area contributed by atoms with Crippen LogP contribution in [-0.2, 0) is 0 Å². The fraction of sp³-hybridized carbons (Fsp3) is 0.231. The number of rotatable bonds is 2. The average Bonchev–Trinajstić information content (AvgIpc) is 2.64. The van der Waals surface area contributed by atoms with Crippen molar-refractivity contribution in [2.75, 3.05) is 5.32 Å². The van der Waals surface area contributed by atoms with Gasteiger partial charge < -0.3 is 5.32 Å². The van der Waals surface area contributed by atoms with Gasteiger partial charge in [0.15, 0.2) is 0 Å². The number of hydrogen-bond donors (Lipinski definition) is 1. The van der Waals surface area contributed by atoms with Gasteiger partial charge in [0, 0.05) is 10.2 Å². The van der Waals surface area contributed by atoms with Crippen LogP contribution in [0.2, 0.25) is 0 Å². The van der Waals surface area contributed by atoms with Crippen molar-refractivity contribution in [2.45, 2.75) is 20.8 Å². The monoisotopic (exact) mass is 324 g/mol. The molecule has 0 saturated heterocycles. The number of nitrogens with one attached hydrogen (secondary N) is 1. The molecule has 0 atom stereocenters. The van der Waals surface area contributed by atoms with Crippen LogP contribution in [0.4, 0.5) is 5.69 Å². The highest BCUT2D eigenvalue weighted by atomic mass is 79.9. The molecule has 94 valence electrons. The first-order chi connectivity index (χ1) is 8.49. The predicted molar refractivity (Wildman–Crippen MR) is 78.4 cm³/mol. The summed E-state index contributed by atoms with van der Waals surface area (Å²) in [5.41, 5.74) is 2.62. The Morgan fingerprint density at radius 1 is 1.33 bits per heavy atom. The van der Waals surface area contributed by atoms with Crippen molar-refractivity contribution < 1.29 is 4.79 Å². The number of hydrogen-bond acceptors (Lipinski definition) is 3. The van der Waals surface area contributed by atoms with Crippen LogP contribution in [0.15, 0.2) is 22.7 Å². The molecule has 1 heterocycles. The number of thiazole rings is 1. The van der Waals surface area contributed by atoms with Gasteiger partial charge in [-0.3, -0.25) is 4.79 Å². The fourth-order valence-corrected chi connectivity index (χ4v) is 2.85. The van der Waals surface area contributed by atoms with Gasteiger partial charge >= 0.3 is 0 Å². The molecule has 5 heteroatoms. The molecule has 0 spiro atoms. The normalized spacial score (nSPS) is 10.4. The molecule has 0 fully saturated rings. The van der Waals surface area contributed by atoms with Crippen LogP contribution in [0, 0.1) is 20.8 Å². The summed E-state index contributed by atoms with van der Waals surface area (Å²) in [4.78, 5) is 17.1. The Morgan fingerprint density at radius 3 is 2.67 bits per heavy atom. The van der Waals surface area contributed by atoms with E-state index in [0.29, 0.717) is 4.88 Å². The first-order valence-electron chi connectivity index (χ1n) is 5.49. The Hall–Kier alpha value is -1.20. The minimum atomic E-state index is -0.0979. The standard InChI is InChI=1S/C13H13BrN2OS/c1-7-10(14)5-4-6-11(7)16-13(17)12-8(2)15-9(3)18-12/h4-6H,1-3H3,(H,16,17). The summed E-state index contributed by atoms with van der Waals surface area (Å²) < 4.78 is 0.984. The van der Waals surface area contributed by atoms with Gasteiger partial charge in [0.2, 0.25) is 0 Å². The molecular weight excluding hydrogens is 312 g/mol. The Kier molecular flexibility index (Phi) is 3.82. The molecule has 2 aromatic rings. The Labute approximate surface area is 118 Å². The number of carbonyl (C=O) groups is 1. The molecule has 3 nitrogen and oxygen atoms in total. The highest BCUT2D eigenvalue weighted by molar-refractivity contribution is 9.10. The molecule has 0 aliphatic carbocycles. The van der Waals surface area contributed by atoms with E-state index < -0.39 is 0 Å². The third-order valence-electron chi connectivity index (χ3n) is 2.63. The van der Waals surface area contributed by atoms with E-state index in [9.17, 15) is 4.79 Å². The fourth-order valence-electron chi connectivity index (χ4n) is 1.66. The average molecular weight is 325 g/mol. The van der Waals surface area contributed by atoms with Crippen molar-refractivity contribution >= 4 is 38.9 Å². The Bertz CT molecular complexity index is 607. The maximum absolute atomic E-state index is 12.2. The van der Waals surface area contributed by atoms with Crippen LogP contribution in [0.25, 0.3) is 0 Å². The Morgan fingerprint density at radius 2 is 2.06 bits per heavy atom. The number of aromatic nitrogens is 1. The van der Waals surface area contributed by atoms with Gasteiger partial charge in [-0.1, -0.05) is 22.0 Å². The summed E-state index contributed by atoms with van der Waals surface area (Å²) in [5.74, 6) is -0.0979. The number of anilines is 1. The van der Waals surface area contributed by atoms with Crippen LogP contribution >= 0.6 is 27.3 Å². The first-order valence-corrected chi connectivity index (χ1v) is 7.10. The molecule has 0 aliphatic heterocycles. The molecule has 2 rings (SSSR count). The molecule has 1 aromatic carbocycles. The summed E-state index contributed by atoms with van der Waals surface area (Å²) in [6, 6.07) is 5.74. The lowest BCUT2D eigenvalue weighted by Gasteiger charge is -2.08. The highest BCUT2D eigenvalue weighted by Crippen LogP contribution is 2.25. The molecular formula is C13H13BrN2OS. The van der Waals surface area contributed by atoms with Crippen molar-refractivity contribution in [1.29, 1.82) is 0 Å². The predicted octanol–water partition coefficient (Wildman–Crippen LogP) is 4.08. The molecule has 0 radical (unpaired) electrons. The summed E-state index contributed by atoms with van der Waals surface area (Å²) >= 11 is 4.87. The van der Waals surface area contributed by atoms with Gasteiger partial charge in [0.1, 0.15) is 4.88 Å². The van der Waals surface area contributed by atoms with E-state index in [2.05, 4.69) is 26.2 Å². The van der Waals surface area contributed by atoms with E-state index in [0.717, 1.165) is 26.4 Å². The van der Waals surface area contributed by atoms with Crippen LogP contribution < -0.4 is 5.32 Å². The molecule has 1 N–H and O–H groups in total. The zero-order valence-electron chi connectivity index (χ0n) is 10.4. The van der Waals surface area contributed by atoms with Crippen molar-refractivity contribution in [3.63, 3.8) is 0 Å². The smallest absolute Gasteiger partial charge is 0.267 e. The number of nitrogens with zero attached hydrogens (tertiary/aromatic N) is 1. The molecule has 1 aromatic heterocycles. The molecule has 0 bridgehead atoms. The topological polar surface area (TPSA) is 42.0 Å².